The molecule has 0 unspecified atom stereocenters. The van der Waals surface area contributed by atoms with Crippen LogP contribution in [0.4, 0.5) is 5.69 Å². The maximum Gasteiger partial charge on any atom is 0.244 e. The van der Waals surface area contributed by atoms with E-state index in [2.05, 4.69) is 5.32 Å². The molecule has 33 heavy (non-hydrogen) atoms. The van der Waals surface area contributed by atoms with Gasteiger partial charge in [0, 0.05) is 13.6 Å². The minimum Gasteiger partial charge on any atom is -0.497 e. The zero-order valence-corrected chi connectivity index (χ0v) is 20.7. The van der Waals surface area contributed by atoms with Crippen LogP contribution in [-0.2, 0) is 32.6 Å². The molecular weight excluding hydrogens is 442 g/mol. The predicted molar refractivity (Wildman–Crippen MR) is 130 cm³/mol. The van der Waals surface area contributed by atoms with Crippen LogP contribution < -0.4 is 14.4 Å². The van der Waals surface area contributed by atoms with Crippen LogP contribution in [0.25, 0.3) is 0 Å². The lowest BCUT2D eigenvalue weighted by atomic mass is 10.1. The van der Waals surface area contributed by atoms with Crippen LogP contribution in [0.15, 0.2) is 48.5 Å². The number of sulfonamides is 1. The topological polar surface area (TPSA) is 96.0 Å². The number of nitrogens with zero attached hydrogens (tertiary/aromatic N) is 2. The smallest absolute Gasteiger partial charge is 0.244 e. The van der Waals surface area contributed by atoms with Gasteiger partial charge in [0.15, 0.2) is 0 Å². The molecule has 0 aliphatic carbocycles. The van der Waals surface area contributed by atoms with E-state index in [0.29, 0.717) is 24.3 Å². The number of likely N-dealkylation sites (N-methyl/N-ethyl adjacent to an activating group) is 1. The van der Waals surface area contributed by atoms with Gasteiger partial charge >= 0.3 is 0 Å². The third kappa shape index (κ3) is 6.71. The Labute approximate surface area is 196 Å². The quantitative estimate of drug-likeness (QED) is 0.539. The van der Waals surface area contributed by atoms with Gasteiger partial charge in [-0.15, -0.1) is 0 Å². The van der Waals surface area contributed by atoms with Crippen LogP contribution in [0.1, 0.15) is 31.4 Å². The molecule has 9 heteroatoms. The molecule has 0 aliphatic heterocycles. The van der Waals surface area contributed by atoms with Crippen molar-refractivity contribution in [2.45, 2.75) is 39.3 Å². The fourth-order valence-corrected chi connectivity index (χ4v) is 4.58. The molecular formula is C24H33N3O5S. The SMILES string of the molecule is CCc1ccccc1N(CC(=O)N(Cc1cccc(OC)c1)[C@@H](CC)C(=O)NC)S(C)(=O)=O. The molecule has 2 rings (SSSR count). The molecule has 0 radical (unpaired) electrons. The molecule has 0 heterocycles. The summed E-state index contributed by atoms with van der Waals surface area (Å²) in [6.45, 7) is 3.46. The lowest BCUT2D eigenvalue weighted by Gasteiger charge is -2.33. The maximum absolute atomic E-state index is 13.6. The number of methoxy groups -OCH3 is 1. The molecule has 0 spiro atoms. The summed E-state index contributed by atoms with van der Waals surface area (Å²) in [5.74, 6) is -0.152. The Balaban J connectivity index is 2.47. The van der Waals surface area contributed by atoms with E-state index in [-0.39, 0.29) is 12.5 Å². The highest BCUT2D eigenvalue weighted by atomic mass is 32.2. The fraction of sp³-hybridized carbons (Fsp3) is 0.417. The largest absolute Gasteiger partial charge is 0.497 e. The van der Waals surface area contributed by atoms with Crippen molar-refractivity contribution in [2.24, 2.45) is 0 Å². The second-order valence-electron chi connectivity index (χ2n) is 7.66. The van der Waals surface area contributed by atoms with E-state index in [4.69, 9.17) is 4.74 Å². The normalized spacial score (nSPS) is 12.0. The molecule has 2 amide bonds. The fourth-order valence-electron chi connectivity index (χ4n) is 3.70. The second-order valence-corrected chi connectivity index (χ2v) is 9.57. The Morgan fingerprint density at radius 3 is 2.36 bits per heavy atom. The van der Waals surface area contributed by atoms with Crippen LogP contribution in [0, 0.1) is 0 Å². The monoisotopic (exact) mass is 475 g/mol. The van der Waals surface area contributed by atoms with Gasteiger partial charge in [-0.1, -0.05) is 44.2 Å². The lowest BCUT2D eigenvalue weighted by Crippen LogP contribution is -2.51. The van der Waals surface area contributed by atoms with Gasteiger partial charge in [-0.2, -0.15) is 0 Å². The Morgan fingerprint density at radius 1 is 1.09 bits per heavy atom. The van der Waals surface area contributed by atoms with E-state index in [9.17, 15) is 18.0 Å². The van der Waals surface area contributed by atoms with Crippen molar-refractivity contribution in [1.29, 1.82) is 0 Å². The number of carbonyl (C=O) groups is 2. The summed E-state index contributed by atoms with van der Waals surface area (Å²) < 4.78 is 31.8. The first-order valence-corrected chi connectivity index (χ1v) is 12.7. The van der Waals surface area contributed by atoms with Gasteiger partial charge in [-0.25, -0.2) is 8.42 Å². The highest BCUT2D eigenvalue weighted by molar-refractivity contribution is 7.92. The molecule has 180 valence electrons. The minimum atomic E-state index is -3.76. The van der Waals surface area contributed by atoms with Crippen molar-refractivity contribution in [3.05, 3.63) is 59.7 Å². The van der Waals surface area contributed by atoms with Gasteiger partial charge in [0.25, 0.3) is 0 Å². The van der Waals surface area contributed by atoms with Gasteiger partial charge in [-0.05, 0) is 42.2 Å². The number of aryl methyl sites for hydroxylation is 1. The molecule has 0 aromatic heterocycles. The molecule has 2 aromatic carbocycles. The standard InChI is InChI=1S/C24H33N3O5S/c1-6-19-12-8-9-14-22(19)27(33(5,30)31)17-23(28)26(21(7-2)24(29)25-3)16-18-11-10-13-20(15-18)32-4/h8-15,21H,6-7,16-17H2,1-5H3,(H,25,29)/t21-/m0/s1. The van der Waals surface area contributed by atoms with Crippen molar-refractivity contribution in [1.82, 2.24) is 10.2 Å². The Kier molecular flexibility index (Phi) is 9.28. The maximum atomic E-state index is 13.6. The number of anilines is 1. The van der Waals surface area contributed by atoms with Crippen LogP contribution in [0.5, 0.6) is 5.75 Å². The van der Waals surface area contributed by atoms with Gasteiger partial charge in [0.05, 0.1) is 19.1 Å². The second kappa shape index (κ2) is 11.7. The van der Waals surface area contributed by atoms with Crippen molar-refractivity contribution < 1.29 is 22.7 Å². The molecule has 0 aliphatic rings. The number of benzene rings is 2. The molecule has 1 N–H and O–H groups in total. The summed E-state index contributed by atoms with van der Waals surface area (Å²) in [4.78, 5) is 27.6. The van der Waals surface area contributed by atoms with Crippen molar-refractivity contribution >= 4 is 27.5 Å². The Hall–Kier alpha value is -3.07. The first kappa shape index (κ1) is 26.2. The number of carbonyl (C=O) groups excluding carboxylic acids is 2. The first-order chi connectivity index (χ1) is 15.7. The van der Waals surface area contributed by atoms with Crippen molar-refractivity contribution in [2.75, 3.05) is 31.3 Å². The molecule has 1 atom stereocenters. The van der Waals surface area contributed by atoms with E-state index in [0.717, 1.165) is 21.7 Å². The summed E-state index contributed by atoms with van der Waals surface area (Å²) in [6, 6.07) is 13.6. The van der Waals surface area contributed by atoms with E-state index in [1.165, 1.54) is 11.9 Å². The third-order valence-electron chi connectivity index (χ3n) is 5.44. The molecule has 0 bridgehead atoms. The predicted octanol–water partition coefficient (Wildman–Crippen LogP) is 2.58. The third-order valence-corrected chi connectivity index (χ3v) is 6.57. The highest BCUT2D eigenvalue weighted by Gasteiger charge is 2.31. The molecule has 0 saturated carbocycles. The van der Waals surface area contributed by atoms with E-state index < -0.39 is 28.5 Å². The number of hydrogen-bond acceptors (Lipinski definition) is 5. The summed E-state index contributed by atoms with van der Waals surface area (Å²) in [7, 11) is -0.690. The molecule has 0 saturated heterocycles. The first-order valence-electron chi connectivity index (χ1n) is 10.9. The number of rotatable bonds is 11. The average molecular weight is 476 g/mol. The van der Waals surface area contributed by atoms with Crippen LogP contribution >= 0.6 is 0 Å². The summed E-state index contributed by atoms with van der Waals surface area (Å²) in [6.07, 6.45) is 2.06. The number of nitrogens with one attached hydrogen (secondary N) is 1. The van der Waals surface area contributed by atoms with Crippen LogP contribution in [-0.4, -0.2) is 58.1 Å². The Bertz CT molecular complexity index is 1070. The molecule has 0 fully saturated rings. The number of hydrogen-bond donors (Lipinski definition) is 1. The summed E-state index contributed by atoms with van der Waals surface area (Å²) in [5, 5.41) is 2.60. The van der Waals surface area contributed by atoms with E-state index >= 15 is 0 Å². The molecule has 2 aromatic rings. The number of para-hydroxylation sites is 1. The van der Waals surface area contributed by atoms with Gasteiger partial charge in [-0.3, -0.25) is 13.9 Å². The summed E-state index contributed by atoms with van der Waals surface area (Å²) >= 11 is 0. The van der Waals surface area contributed by atoms with E-state index in [1.54, 1.807) is 37.4 Å². The van der Waals surface area contributed by atoms with Gasteiger partial charge in [0.2, 0.25) is 21.8 Å². The Morgan fingerprint density at radius 2 is 1.79 bits per heavy atom. The van der Waals surface area contributed by atoms with E-state index in [1.807, 2.05) is 32.0 Å². The number of ether oxygens (including phenoxy) is 1. The van der Waals surface area contributed by atoms with Crippen LogP contribution in [0.2, 0.25) is 0 Å². The van der Waals surface area contributed by atoms with Crippen molar-refractivity contribution in [3.63, 3.8) is 0 Å². The zero-order chi connectivity index (χ0) is 24.6. The molecule has 8 nitrogen and oxygen atoms in total. The van der Waals surface area contributed by atoms with Gasteiger partial charge in [0.1, 0.15) is 18.3 Å². The number of amides is 2. The van der Waals surface area contributed by atoms with Crippen molar-refractivity contribution in [3.8, 4) is 5.75 Å². The lowest BCUT2D eigenvalue weighted by molar-refractivity contribution is -0.140. The summed E-state index contributed by atoms with van der Waals surface area (Å²) in [5.41, 5.74) is 2.04. The highest BCUT2D eigenvalue weighted by Crippen LogP contribution is 2.24. The zero-order valence-electron chi connectivity index (χ0n) is 19.9. The average Bonchev–Trinajstić information content (AvgIpc) is 2.81. The minimum absolute atomic E-state index is 0.134. The van der Waals surface area contributed by atoms with Gasteiger partial charge < -0.3 is 15.0 Å². The van der Waals surface area contributed by atoms with Crippen LogP contribution in [0.3, 0.4) is 0 Å².